The van der Waals surface area contributed by atoms with Crippen LogP contribution in [-0.2, 0) is 11.3 Å². The first-order valence-corrected chi connectivity index (χ1v) is 10.1. The summed E-state index contributed by atoms with van der Waals surface area (Å²) in [6.45, 7) is 6.13. The summed E-state index contributed by atoms with van der Waals surface area (Å²) in [4.78, 5) is 16.9. The average Bonchev–Trinajstić information content (AvgIpc) is 2.88. The van der Waals surface area contributed by atoms with E-state index in [0.717, 1.165) is 18.8 Å². The molecule has 0 aliphatic carbocycles. The zero-order chi connectivity index (χ0) is 19.7. The van der Waals surface area contributed by atoms with Crippen LogP contribution in [0.15, 0.2) is 22.8 Å². The Kier molecular flexibility index (Phi) is 6.23. The van der Waals surface area contributed by atoms with E-state index in [1.54, 1.807) is 11.8 Å². The summed E-state index contributed by atoms with van der Waals surface area (Å²) in [7, 11) is 1.60. The zero-order valence-electron chi connectivity index (χ0n) is 15.4. The topological polar surface area (TPSA) is 50.6 Å². The number of aromatic nitrogens is 2. The van der Waals surface area contributed by atoms with E-state index in [2.05, 4.69) is 25.9 Å². The fraction of sp³-hybridized carbons (Fsp3) is 0.444. The lowest BCUT2D eigenvalue weighted by Crippen LogP contribution is -2.54. The van der Waals surface area contributed by atoms with Crippen molar-refractivity contribution in [1.82, 2.24) is 14.7 Å². The molecule has 27 heavy (non-hydrogen) atoms. The Morgan fingerprint density at radius 3 is 2.70 bits per heavy atom. The van der Waals surface area contributed by atoms with Gasteiger partial charge in [-0.1, -0.05) is 23.2 Å². The third-order valence-electron chi connectivity index (χ3n) is 4.73. The second kappa shape index (κ2) is 8.29. The van der Waals surface area contributed by atoms with Gasteiger partial charge in [0.25, 0.3) is 0 Å². The number of amides is 1. The van der Waals surface area contributed by atoms with Gasteiger partial charge in [0, 0.05) is 37.4 Å². The molecular formula is C18H21BrCl2N4O2. The summed E-state index contributed by atoms with van der Waals surface area (Å²) < 4.78 is 7.54. The second-order valence-electron chi connectivity index (χ2n) is 6.55. The predicted octanol–water partition coefficient (Wildman–Crippen LogP) is 4.01. The van der Waals surface area contributed by atoms with Crippen molar-refractivity contribution in [3.63, 3.8) is 0 Å². The van der Waals surface area contributed by atoms with Gasteiger partial charge in [-0.05, 0) is 41.9 Å². The number of carbonyl (C=O) groups excluding carboxylic acids is 1. The van der Waals surface area contributed by atoms with E-state index in [4.69, 9.17) is 27.9 Å². The van der Waals surface area contributed by atoms with E-state index in [1.807, 2.05) is 36.9 Å². The van der Waals surface area contributed by atoms with Crippen LogP contribution in [-0.4, -0.2) is 53.4 Å². The molecule has 6 nitrogen and oxygen atoms in total. The number of hydrogen-bond acceptors (Lipinski definition) is 4. The Morgan fingerprint density at radius 2 is 2.11 bits per heavy atom. The molecule has 1 aliphatic rings. The largest absolute Gasteiger partial charge is 0.495 e. The highest BCUT2D eigenvalue weighted by Crippen LogP contribution is 2.30. The number of methoxy groups -OCH3 is 1. The third-order valence-corrected chi connectivity index (χ3v) is 6.53. The molecule has 1 fully saturated rings. The van der Waals surface area contributed by atoms with Crippen molar-refractivity contribution in [2.75, 3.05) is 31.6 Å². The van der Waals surface area contributed by atoms with Gasteiger partial charge in [0.1, 0.15) is 16.9 Å². The first kappa shape index (κ1) is 20.3. The fourth-order valence-corrected chi connectivity index (χ4v) is 4.08. The predicted molar refractivity (Wildman–Crippen MR) is 111 cm³/mol. The molecule has 1 aliphatic heterocycles. The van der Waals surface area contributed by atoms with Gasteiger partial charge in [0.05, 0.1) is 22.8 Å². The van der Waals surface area contributed by atoms with E-state index >= 15 is 0 Å². The quantitative estimate of drug-likeness (QED) is 0.670. The van der Waals surface area contributed by atoms with Crippen LogP contribution in [0.25, 0.3) is 0 Å². The van der Waals surface area contributed by atoms with Gasteiger partial charge in [-0.25, -0.2) is 4.68 Å². The lowest BCUT2D eigenvalue weighted by atomic mass is 10.1. The second-order valence-corrected chi connectivity index (χ2v) is 8.09. The van der Waals surface area contributed by atoms with Gasteiger partial charge in [-0.15, -0.1) is 0 Å². The smallest absolute Gasteiger partial charge is 0.244 e. The molecule has 0 spiro atoms. The Hall–Kier alpha value is -1.44. The van der Waals surface area contributed by atoms with Crippen LogP contribution in [0.5, 0.6) is 5.75 Å². The maximum Gasteiger partial charge on any atom is 0.244 e. The van der Waals surface area contributed by atoms with Gasteiger partial charge in [0.2, 0.25) is 5.91 Å². The van der Waals surface area contributed by atoms with Gasteiger partial charge in [-0.3, -0.25) is 4.79 Å². The number of nitrogens with zero attached hydrogens (tertiary/aromatic N) is 4. The number of benzene rings is 1. The maximum atomic E-state index is 12.8. The summed E-state index contributed by atoms with van der Waals surface area (Å²) in [5.74, 6) is 0.673. The molecule has 1 atom stereocenters. The Labute approximate surface area is 177 Å². The fourth-order valence-electron chi connectivity index (χ4n) is 3.26. The number of hydrogen-bond donors (Lipinski definition) is 0. The van der Waals surface area contributed by atoms with E-state index in [-0.39, 0.29) is 18.5 Å². The molecule has 146 valence electrons. The number of ether oxygens (including phenoxy) is 1. The number of carbonyl (C=O) groups is 1. The van der Waals surface area contributed by atoms with Crippen LogP contribution in [0.3, 0.4) is 0 Å². The van der Waals surface area contributed by atoms with Crippen LogP contribution in [0.1, 0.15) is 12.6 Å². The normalized spacial score (nSPS) is 17.3. The van der Waals surface area contributed by atoms with Crippen molar-refractivity contribution < 1.29 is 9.53 Å². The Balaban J connectivity index is 1.67. The van der Waals surface area contributed by atoms with E-state index in [1.165, 1.54) is 0 Å². The van der Waals surface area contributed by atoms with Gasteiger partial charge in [0.15, 0.2) is 0 Å². The highest BCUT2D eigenvalue weighted by atomic mass is 79.9. The molecule has 0 radical (unpaired) electrons. The first-order valence-electron chi connectivity index (χ1n) is 8.58. The summed E-state index contributed by atoms with van der Waals surface area (Å²) >= 11 is 15.6. The number of piperazine rings is 1. The molecule has 1 amide bonds. The van der Waals surface area contributed by atoms with Gasteiger partial charge >= 0.3 is 0 Å². The van der Waals surface area contributed by atoms with E-state index in [0.29, 0.717) is 32.6 Å². The van der Waals surface area contributed by atoms with Crippen molar-refractivity contribution in [2.45, 2.75) is 26.4 Å². The molecule has 1 aromatic carbocycles. The average molecular weight is 476 g/mol. The molecule has 2 heterocycles. The molecule has 1 unspecified atom stereocenters. The first-order chi connectivity index (χ1) is 12.8. The lowest BCUT2D eigenvalue weighted by Gasteiger charge is -2.41. The molecular weight excluding hydrogens is 455 g/mol. The minimum Gasteiger partial charge on any atom is -0.495 e. The summed E-state index contributed by atoms with van der Waals surface area (Å²) in [6, 6.07) is 5.80. The standard InChI is InChI=1S/C18H21BrCl2N4O2/c1-11-9-23(13-4-5-14(20)15(8-13)27-3)6-7-24(11)16(26)10-25-18(19)17(21)12(2)22-25/h4-5,8,11H,6-7,9-10H2,1-3H3. The van der Waals surface area contributed by atoms with Crippen molar-refractivity contribution in [2.24, 2.45) is 0 Å². The van der Waals surface area contributed by atoms with Crippen LogP contribution >= 0.6 is 39.1 Å². The molecule has 0 saturated carbocycles. The number of anilines is 1. The number of aryl methyl sites for hydroxylation is 1. The Bertz CT molecular complexity index is 858. The van der Waals surface area contributed by atoms with Crippen molar-refractivity contribution >= 4 is 50.7 Å². The third kappa shape index (κ3) is 4.20. The molecule has 2 aromatic rings. The maximum absolute atomic E-state index is 12.8. The highest BCUT2D eigenvalue weighted by molar-refractivity contribution is 9.10. The summed E-state index contributed by atoms with van der Waals surface area (Å²) in [5.41, 5.74) is 1.73. The highest BCUT2D eigenvalue weighted by Gasteiger charge is 2.28. The van der Waals surface area contributed by atoms with Crippen molar-refractivity contribution in [1.29, 1.82) is 0 Å². The molecule has 3 rings (SSSR count). The molecule has 1 aromatic heterocycles. The molecule has 0 bridgehead atoms. The summed E-state index contributed by atoms with van der Waals surface area (Å²) in [6.07, 6.45) is 0. The molecule has 1 saturated heterocycles. The molecule has 9 heteroatoms. The minimum absolute atomic E-state index is 0.0238. The van der Waals surface area contributed by atoms with Crippen molar-refractivity contribution in [3.05, 3.63) is 38.5 Å². The van der Waals surface area contributed by atoms with E-state index < -0.39 is 0 Å². The number of rotatable bonds is 4. The van der Waals surface area contributed by atoms with Crippen LogP contribution in [0, 0.1) is 6.92 Å². The lowest BCUT2D eigenvalue weighted by molar-refractivity contribution is -0.134. The van der Waals surface area contributed by atoms with Gasteiger partial charge < -0.3 is 14.5 Å². The minimum atomic E-state index is 0.0238. The van der Waals surface area contributed by atoms with E-state index in [9.17, 15) is 4.79 Å². The van der Waals surface area contributed by atoms with Crippen LogP contribution < -0.4 is 9.64 Å². The van der Waals surface area contributed by atoms with Crippen LogP contribution in [0.4, 0.5) is 5.69 Å². The summed E-state index contributed by atoms with van der Waals surface area (Å²) in [5, 5.41) is 5.44. The SMILES string of the molecule is COc1cc(N2CCN(C(=O)Cn3nc(C)c(Cl)c3Br)C(C)C2)ccc1Cl. The number of halogens is 3. The molecule has 0 N–H and O–H groups in total. The van der Waals surface area contributed by atoms with Gasteiger partial charge in [-0.2, -0.15) is 5.10 Å². The monoisotopic (exact) mass is 474 g/mol. The Morgan fingerprint density at radius 1 is 1.37 bits per heavy atom. The van der Waals surface area contributed by atoms with Crippen LogP contribution in [0.2, 0.25) is 10.0 Å². The van der Waals surface area contributed by atoms with Crippen molar-refractivity contribution in [3.8, 4) is 5.75 Å². The zero-order valence-corrected chi connectivity index (χ0v) is 18.5.